The van der Waals surface area contributed by atoms with E-state index in [1.807, 2.05) is 42.0 Å². The summed E-state index contributed by atoms with van der Waals surface area (Å²) in [6, 6.07) is 7.59. The third kappa shape index (κ3) is 3.93. The molecule has 0 spiro atoms. The molecule has 1 heterocycles. The Morgan fingerprint density at radius 2 is 2.10 bits per heavy atom. The Kier molecular flexibility index (Phi) is 4.90. The number of carbonyl (C=O) groups excluding carboxylic acids is 1. The van der Waals surface area contributed by atoms with Gasteiger partial charge in [0.25, 0.3) is 0 Å². The van der Waals surface area contributed by atoms with Gasteiger partial charge in [0.1, 0.15) is 5.82 Å². The minimum atomic E-state index is 0.0308. The number of imidazole rings is 1. The van der Waals surface area contributed by atoms with E-state index in [1.54, 1.807) is 6.20 Å². The smallest absolute Gasteiger partial charge is 0.224 e. The maximum absolute atomic E-state index is 11.8. The highest BCUT2D eigenvalue weighted by molar-refractivity contribution is 5.90. The third-order valence-corrected chi connectivity index (χ3v) is 3.20. The van der Waals surface area contributed by atoms with Crippen molar-refractivity contribution in [3.63, 3.8) is 0 Å². The Labute approximate surface area is 118 Å². The molecule has 0 saturated carbocycles. The second kappa shape index (κ2) is 6.86. The predicted molar refractivity (Wildman–Crippen MR) is 79.2 cm³/mol. The number of nitrogens with one attached hydrogen (secondary N) is 1. The molecule has 0 aliphatic rings. The molecule has 5 heteroatoms. The highest BCUT2D eigenvalue weighted by Crippen LogP contribution is 2.10. The van der Waals surface area contributed by atoms with Gasteiger partial charge in [-0.1, -0.05) is 12.1 Å². The lowest BCUT2D eigenvalue weighted by atomic mass is 10.2. The standard InChI is InChI=1S/C15H20N4O/c1-12-17-8-10-19(12)9-2-3-15(20)18-14-6-4-13(11-16)5-7-14/h4-8,10H,2-3,9,11,16H2,1H3,(H,18,20). The van der Waals surface area contributed by atoms with Crippen LogP contribution in [0.1, 0.15) is 24.2 Å². The van der Waals surface area contributed by atoms with Crippen LogP contribution in [-0.4, -0.2) is 15.5 Å². The van der Waals surface area contributed by atoms with E-state index in [9.17, 15) is 4.79 Å². The van der Waals surface area contributed by atoms with Gasteiger partial charge in [0.2, 0.25) is 5.91 Å². The van der Waals surface area contributed by atoms with Gasteiger partial charge in [-0.25, -0.2) is 4.98 Å². The summed E-state index contributed by atoms with van der Waals surface area (Å²) in [5.74, 6) is 1.01. The molecule has 0 aliphatic carbocycles. The van der Waals surface area contributed by atoms with Crippen LogP contribution in [-0.2, 0) is 17.9 Å². The van der Waals surface area contributed by atoms with Crippen molar-refractivity contribution in [3.8, 4) is 0 Å². The first kappa shape index (κ1) is 14.3. The summed E-state index contributed by atoms with van der Waals surface area (Å²) in [6.45, 7) is 3.28. The first-order valence-electron chi connectivity index (χ1n) is 6.75. The number of carbonyl (C=O) groups is 1. The van der Waals surface area contributed by atoms with E-state index in [0.29, 0.717) is 13.0 Å². The third-order valence-electron chi connectivity index (χ3n) is 3.20. The van der Waals surface area contributed by atoms with Crippen LogP contribution < -0.4 is 11.1 Å². The first-order chi connectivity index (χ1) is 9.69. The normalized spacial score (nSPS) is 10.5. The Balaban J connectivity index is 1.76. The lowest BCUT2D eigenvalue weighted by molar-refractivity contribution is -0.116. The molecule has 0 aliphatic heterocycles. The van der Waals surface area contributed by atoms with Crippen molar-refractivity contribution in [3.05, 3.63) is 48.0 Å². The lowest BCUT2D eigenvalue weighted by Gasteiger charge is -2.07. The largest absolute Gasteiger partial charge is 0.335 e. The van der Waals surface area contributed by atoms with Crippen molar-refractivity contribution in [1.29, 1.82) is 0 Å². The van der Waals surface area contributed by atoms with Crippen molar-refractivity contribution in [2.75, 3.05) is 5.32 Å². The molecule has 106 valence electrons. The number of nitrogens with zero attached hydrogens (tertiary/aromatic N) is 2. The number of aromatic nitrogens is 2. The Hall–Kier alpha value is -2.14. The Bertz CT molecular complexity index is 560. The topological polar surface area (TPSA) is 72.9 Å². The zero-order chi connectivity index (χ0) is 14.4. The molecular formula is C15H20N4O. The van der Waals surface area contributed by atoms with E-state index in [1.165, 1.54) is 0 Å². The highest BCUT2D eigenvalue weighted by atomic mass is 16.1. The fraction of sp³-hybridized carbons (Fsp3) is 0.333. The number of aryl methyl sites for hydroxylation is 2. The van der Waals surface area contributed by atoms with Gasteiger partial charge >= 0.3 is 0 Å². The van der Waals surface area contributed by atoms with Crippen molar-refractivity contribution in [2.45, 2.75) is 32.9 Å². The summed E-state index contributed by atoms with van der Waals surface area (Å²) < 4.78 is 2.04. The van der Waals surface area contributed by atoms with Crippen LogP contribution in [0.5, 0.6) is 0 Å². The van der Waals surface area contributed by atoms with Crippen molar-refractivity contribution >= 4 is 11.6 Å². The number of amides is 1. The van der Waals surface area contributed by atoms with Crippen LogP contribution >= 0.6 is 0 Å². The number of nitrogens with two attached hydrogens (primary N) is 1. The van der Waals surface area contributed by atoms with E-state index in [2.05, 4.69) is 10.3 Å². The summed E-state index contributed by atoms with van der Waals surface area (Å²) in [7, 11) is 0. The van der Waals surface area contributed by atoms with Gasteiger partial charge in [-0.15, -0.1) is 0 Å². The zero-order valence-corrected chi connectivity index (χ0v) is 11.7. The van der Waals surface area contributed by atoms with Gasteiger partial charge in [0.15, 0.2) is 0 Å². The summed E-state index contributed by atoms with van der Waals surface area (Å²) in [6.07, 6.45) is 4.99. The molecule has 0 unspecified atom stereocenters. The molecule has 5 nitrogen and oxygen atoms in total. The molecule has 0 radical (unpaired) electrons. The van der Waals surface area contributed by atoms with Crippen LogP contribution in [0.3, 0.4) is 0 Å². The van der Waals surface area contributed by atoms with E-state index in [4.69, 9.17) is 5.73 Å². The van der Waals surface area contributed by atoms with Crippen LogP contribution in [0, 0.1) is 6.92 Å². The van der Waals surface area contributed by atoms with Gasteiger partial charge in [-0.2, -0.15) is 0 Å². The van der Waals surface area contributed by atoms with Crippen LogP contribution in [0.4, 0.5) is 5.69 Å². The van der Waals surface area contributed by atoms with Crippen LogP contribution in [0.25, 0.3) is 0 Å². The predicted octanol–water partition coefficient (Wildman–Crippen LogP) is 2.07. The van der Waals surface area contributed by atoms with Crippen molar-refractivity contribution in [2.24, 2.45) is 5.73 Å². The number of hydrogen-bond donors (Lipinski definition) is 2. The lowest BCUT2D eigenvalue weighted by Crippen LogP contribution is -2.12. The number of anilines is 1. The van der Waals surface area contributed by atoms with Crippen LogP contribution in [0.2, 0.25) is 0 Å². The second-order valence-electron chi connectivity index (χ2n) is 4.72. The first-order valence-corrected chi connectivity index (χ1v) is 6.75. The fourth-order valence-electron chi connectivity index (χ4n) is 2.00. The Morgan fingerprint density at radius 1 is 1.35 bits per heavy atom. The molecule has 1 amide bonds. The SMILES string of the molecule is Cc1nccn1CCCC(=O)Nc1ccc(CN)cc1. The number of benzene rings is 1. The second-order valence-corrected chi connectivity index (χ2v) is 4.72. The molecule has 0 fully saturated rings. The maximum Gasteiger partial charge on any atom is 0.224 e. The summed E-state index contributed by atoms with van der Waals surface area (Å²) in [5.41, 5.74) is 7.40. The minimum absolute atomic E-state index is 0.0308. The summed E-state index contributed by atoms with van der Waals surface area (Å²) >= 11 is 0. The molecule has 0 saturated heterocycles. The van der Waals surface area contributed by atoms with E-state index >= 15 is 0 Å². The summed E-state index contributed by atoms with van der Waals surface area (Å²) in [4.78, 5) is 16.0. The Morgan fingerprint density at radius 3 is 2.70 bits per heavy atom. The number of hydrogen-bond acceptors (Lipinski definition) is 3. The average molecular weight is 272 g/mol. The molecule has 3 N–H and O–H groups in total. The monoisotopic (exact) mass is 272 g/mol. The van der Waals surface area contributed by atoms with Gasteiger partial charge in [-0.3, -0.25) is 4.79 Å². The summed E-state index contributed by atoms with van der Waals surface area (Å²) in [5, 5.41) is 2.88. The minimum Gasteiger partial charge on any atom is -0.335 e. The quantitative estimate of drug-likeness (QED) is 0.845. The van der Waals surface area contributed by atoms with Gasteiger partial charge in [-0.05, 0) is 31.0 Å². The van der Waals surface area contributed by atoms with E-state index < -0.39 is 0 Å². The van der Waals surface area contributed by atoms with E-state index in [-0.39, 0.29) is 5.91 Å². The van der Waals surface area contributed by atoms with Crippen molar-refractivity contribution in [1.82, 2.24) is 9.55 Å². The maximum atomic E-state index is 11.8. The zero-order valence-electron chi connectivity index (χ0n) is 11.7. The van der Waals surface area contributed by atoms with Gasteiger partial charge < -0.3 is 15.6 Å². The molecule has 20 heavy (non-hydrogen) atoms. The molecule has 0 atom stereocenters. The van der Waals surface area contributed by atoms with Gasteiger partial charge in [0, 0.05) is 37.6 Å². The fourth-order valence-corrected chi connectivity index (χ4v) is 2.00. The molecular weight excluding hydrogens is 252 g/mol. The van der Waals surface area contributed by atoms with Crippen LogP contribution in [0.15, 0.2) is 36.7 Å². The molecule has 2 rings (SSSR count). The molecule has 1 aromatic heterocycles. The van der Waals surface area contributed by atoms with Crippen molar-refractivity contribution < 1.29 is 4.79 Å². The number of rotatable bonds is 6. The average Bonchev–Trinajstić information content (AvgIpc) is 2.85. The molecule has 1 aromatic carbocycles. The highest BCUT2D eigenvalue weighted by Gasteiger charge is 2.03. The van der Waals surface area contributed by atoms with E-state index in [0.717, 1.165) is 30.0 Å². The van der Waals surface area contributed by atoms with Gasteiger partial charge in [0.05, 0.1) is 0 Å². The molecule has 2 aromatic rings. The molecule has 0 bridgehead atoms.